The summed E-state index contributed by atoms with van der Waals surface area (Å²) in [6, 6.07) is 9.47. The maximum atomic E-state index is 12.8. The molecule has 2 aromatic rings. The maximum absolute atomic E-state index is 12.8. The summed E-state index contributed by atoms with van der Waals surface area (Å²) in [5.41, 5.74) is 0.892. The summed E-state index contributed by atoms with van der Waals surface area (Å²) in [5, 5.41) is 14.2. The van der Waals surface area contributed by atoms with Crippen molar-refractivity contribution in [3.8, 4) is 5.75 Å². The first-order valence-electron chi connectivity index (χ1n) is 9.18. The van der Waals surface area contributed by atoms with Gasteiger partial charge in [-0.1, -0.05) is 18.2 Å². The average Bonchev–Trinajstić information content (AvgIpc) is 3.19. The SMILES string of the molecule is Cn1nccc1CCC(=O)N1C[C@H]2COc3ccccc3C[C@@]2(C(=O)O)C1. The van der Waals surface area contributed by atoms with Gasteiger partial charge in [-0.2, -0.15) is 5.10 Å². The third kappa shape index (κ3) is 3.07. The van der Waals surface area contributed by atoms with Crippen molar-refractivity contribution in [1.82, 2.24) is 14.7 Å². The molecular weight excluding hydrogens is 346 g/mol. The van der Waals surface area contributed by atoms with Gasteiger partial charge in [-0.25, -0.2) is 0 Å². The molecule has 3 heterocycles. The molecule has 2 aliphatic heterocycles. The summed E-state index contributed by atoms with van der Waals surface area (Å²) >= 11 is 0. The van der Waals surface area contributed by atoms with Crippen molar-refractivity contribution in [3.63, 3.8) is 0 Å². The quantitative estimate of drug-likeness (QED) is 0.883. The highest BCUT2D eigenvalue weighted by Crippen LogP contribution is 2.44. The Balaban J connectivity index is 1.52. The molecule has 0 bridgehead atoms. The molecular formula is C20H23N3O4. The fourth-order valence-corrected chi connectivity index (χ4v) is 4.26. The van der Waals surface area contributed by atoms with Crippen molar-refractivity contribution in [2.75, 3.05) is 19.7 Å². The number of carbonyl (C=O) groups excluding carboxylic acids is 1. The number of benzene rings is 1. The van der Waals surface area contributed by atoms with Crippen LogP contribution in [0.1, 0.15) is 17.7 Å². The van der Waals surface area contributed by atoms with E-state index in [1.165, 1.54) is 0 Å². The maximum Gasteiger partial charge on any atom is 0.312 e. The zero-order chi connectivity index (χ0) is 19.0. The Kier molecular flexibility index (Phi) is 4.37. The Morgan fingerprint density at radius 2 is 2.15 bits per heavy atom. The second-order valence-electron chi connectivity index (χ2n) is 7.47. The van der Waals surface area contributed by atoms with Crippen molar-refractivity contribution < 1.29 is 19.4 Å². The fourth-order valence-electron chi connectivity index (χ4n) is 4.26. The number of aryl methyl sites for hydroxylation is 2. The normalized spacial score (nSPS) is 23.9. The number of fused-ring (bicyclic) bond motifs is 2. The molecule has 0 aliphatic carbocycles. The van der Waals surface area contributed by atoms with Gasteiger partial charge in [0.25, 0.3) is 0 Å². The predicted octanol–water partition coefficient (Wildman–Crippen LogP) is 1.52. The molecule has 0 radical (unpaired) electrons. The molecule has 7 nitrogen and oxygen atoms in total. The minimum Gasteiger partial charge on any atom is -0.493 e. The number of rotatable bonds is 4. The summed E-state index contributed by atoms with van der Waals surface area (Å²) in [5.74, 6) is -0.336. The Labute approximate surface area is 157 Å². The van der Waals surface area contributed by atoms with E-state index in [9.17, 15) is 14.7 Å². The number of amides is 1. The van der Waals surface area contributed by atoms with E-state index in [-0.39, 0.29) is 18.4 Å². The van der Waals surface area contributed by atoms with Crippen LogP contribution in [0.25, 0.3) is 0 Å². The van der Waals surface area contributed by atoms with Gasteiger partial charge in [0, 0.05) is 44.4 Å². The van der Waals surface area contributed by atoms with E-state index in [0.717, 1.165) is 17.0 Å². The van der Waals surface area contributed by atoms with Gasteiger partial charge in [0.1, 0.15) is 5.75 Å². The van der Waals surface area contributed by atoms with Crippen molar-refractivity contribution >= 4 is 11.9 Å². The van der Waals surface area contributed by atoms with Crippen molar-refractivity contribution in [2.45, 2.75) is 19.3 Å². The van der Waals surface area contributed by atoms with Crippen LogP contribution in [0.15, 0.2) is 36.5 Å². The monoisotopic (exact) mass is 369 g/mol. The van der Waals surface area contributed by atoms with E-state index >= 15 is 0 Å². The molecule has 0 spiro atoms. The lowest BCUT2D eigenvalue weighted by molar-refractivity contribution is -0.151. The Morgan fingerprint density at radius 1 is 1.33 bits per heavy atom. The van der Waals surface area contributed by atoms with E-state index in [0.29, 0.717) is 32.4 Å². The second kappa shape index (κ2) is 6.72. The largest absolute Gasteiger partial charge is 0.493 e. The van der Waals surface area contributed by atoms with Gasteiger partial charge >= 0.3 is 5.97 Å². The first-order valence-corrected chi connectivity index (χ1v) is 9.18. The number of nitrogens with zero attached hydrogens (tertiary/aromatic N) is 3. The lowest BCUT2D eigenvalue weighted by atomic mass is 9.74. The molecule has 27 heavy (non-hydrogen) atoms. The standard InChI is InChI=1S/C20H23N3O4/c1-22-16(8-9-21-22)6-7-18(24)23-11-15-12-27-17-5-3-2-4-14(17)10-20(15,13-23)19(25)26/h2-5,8-9,15H,6-7,10-13H2,1H3,(H,25,26)/t15-,20+/m0/s1. The Bertz CT molecular complexity index is 878. The van der Waals surface area contributed by atoms with Crippen LogP contribution in [0.3, 0.4) is 0 Å². The van der Waals surface area contributed by atoms with E-state index in [1.54, 1.807) is 15.8 Å². The Hall–Kier alpha value is -2.83. The van der Waals surface area contributed by atoms with E-state index < -0.39 is 11.4 Å². The van der Waals surface area contributed by atoms with Crippen molar-refractivity contribution in [2.24, 2.45) is 18.4 Å². The number of hydrogen-bond acceptors (Lipinski definition) is 4. The van der Waals surface area contributed by atoms with Crippen LogP contribution in [-0.2, 0) is 29.5 Å². The minimum atomic E-state index is -0.991. The van der Waals surface area contributed by atoms with Crippen LogP contribution in [0.2, 0.25) is 0 Å². The molecule has 1 aromatic carbocycles. The topological polar surface area (TPSA) is 84.7 Å². The van der Waals surface area contributed by atoms with Gasteiger partial charge in [0.15, 0.2) is 0 Å². The van der Waals surface area contributed by atoms with Crippen LogP contribution in [-0.4, -0.2) is 51.4 Å². The van der Waals surface area contributed by atoms with E-state index in [2.05, 4.69) is 5.10 Å². The number of ether oxygens (including phenoxy) is 1. The molecule has 0 unspecified atom stereocenters. The van der Waals surface area contributed by atoms with E-state index in [1.807, 2.05) is 37.4 Å². The number of para-hydroxylation sites is 1. The summed E-state index contributed by atoms with van der Waals surface area (Å²) in [6.45, 7) is 0.967. The number of aromatic nitrogens is 2. The molecule has 1 N–H and O–H groups in total. The molecule has 2 aliphatic rings. The van der Waals surface area contributed by atoms with E-state index in [4.69, 9.17) is 4.74 Å². The summed E-state index contributed by atoms with van der Waals surface area (Å²) in [4.78, 5) is 26.7. The van der Waals surface area contributed by atoms with Crippen LogP contribution >= 0.6 is 0 Å². The number of carboxylic acids is 1. The van der Waals surface area contributed by atoms with Gasteiger partial charge in [0.2, 0.25) is 5.91 Å². The minimum absolute atomic E-state index is 0.0156. The van der Waals surface area contributed by atoms with Gasteiger partial charge < -0.3 is 14.7 Å². The number of carboxylic acid groups (broad SMARTS) is 1. The zero-order valence-corrected chi connectivity index (χ0v) is 15.3. The molecule has 1 saturated heterocycles. The van der Waals surface area contributed by atoms with Crippen molar-refractivity contribution in [3.05, 3.63) is 47.8 Å². The number of hydrogen-bond donors (Lipinski definition) is 1. The highest BCUT2D eigenvalue weighted by Gasteiger charge is 2.55. The van der Waals surface area contributed by atoms with Crippen LogP contribution in [0.5, 0.6) is 5.75 Å². The predicted molar refractivity (Wildman–Crippen MR) is 97.3 cm³/mol. The zero-order valence-electron chi connectivity index (χ0n) is 15.3. The van der Waals surface area contributed by atoms with Crippen molar-refractivity contribution in [1.29, 1.82) is 0 Å². The van der Waals surface area contributed by atoms with Crippen LogP contribution < -0.4 is 4.74 Å². The number of aliphatic carboxylic acids is 1. The lowest BCUT2D eigenvalue weighted by Gasteiger charge is -2.27. The van der Waals surface area contributed by atoms with Gasteiger partial charge in [-0.3, -0.25) is 14.3 Å². The average molecular weight is 369 g/mol. The Morgan fingerprint density at radius 3 is 2.89 bits per heavy atom. The number of carbonyl (C=O) groups is 2. The third-order valence-corrected chi connectivity index (χ3v) is 5.91. The highest BCUT2D eigenvalue weighted by molar-refractivity contribution is 5.81. The number of likely N-dealkylation sites (tertiary alicyclic amines) is 1. The van der Waals surface area contributed by atoms with Crippen LogP contribution in [0.4, 0.5) is 0 Å². The summed E-state index contributed by atoms with van der Waals surface area (Å²) in [7, 11) is 1.85. The lowest BCUT2D eigenvalue weighted by Crippen LogP contribution is -2.42. The van der Waals surface area contributed by atoms with Gasteiger partial charge in [-0.05, 0) is 30.5 Å². The first-order chi connectivity index (χ1) is 13.0. The molecule has 2 atom stereocenters. The smallest absolute Gasteiger partial charge is 0.312 e. The highest BCUT2D eigenvalue weighted by atomic mass is 16.5. The molecule has 1 aromatic heterocycles. The molecule has 1 fully saturated rings. The molecule has 7 heteroatoms. The molecule has 1 amide bonds. The second-order valence-corrected chi connectivity index (χ2v) is 7.47. The van der Waals surface area contributed by atoms with Gasteiger partial charge in [0.05, 0.1) is 12.0 Å². The third-order valence-electron chi connectivity index (χ3n) is 5.91. The molecule has 142 valence electrons. The van der Waals surface area contributed by atoms with Crippen LogP contribution in [0, 0.1) is 11.3 Å². The molecule has 0 saturated carbocycles. The summed E-state index contributed by atoms with van der Waals surface area (Å²) in [6.07, 6.45) is 3.03. The van der Waals surface area contributed by atoms with Gasteiger partial charge in [-0.15, -0.1) is 0 Å². The molecule has 4 rings (SSSR count). The first kappa shape index (κ1) is 17.6. The fraction of sp³-hybridized carbons (Fsp3) is 0.450. The summed E-state index contributed by atoms with van der Waals surface area (Å²) < 4.78 is 7.64.